The average molecular weight is 211 g/mol. The maximum absolute atomic E-state index is 11.7. The van der Waals surface area contributed by atoms with E-state index in [1.807, 2.05) is 0 Å². The number of aliphatic hydroxyl groups is 1. The molecule has 0 aliphatic carbocycles. The summed E-state index contributed by atoms with van der Waals surface area (Å²) in [4.78, 5) is 0.208. The summed E-state index contributed by atoms with van der Waals surface area (Å²) in [6.45, 7) is -0.475. The van der Waals surface area contributed by atoms with Crippen LogP contribution in [0.25, 0.3) is 6.08 Å². The van der Waals surface area contributed by atoms with Gasteiger partial charge in [0.25, 0.3) is 0 Å². The first-order valence-electron chi connectivity index (χ1n) is 4.02. The molecule has 14 heavy (non-hydrogen) atoms. The van der Waals surface area contributed by atoms with Crippen molar-refractivity contribution in [1.82, 2.24) is 0 Å². The number of hydrogen-bond acceptors (Lipinski definition) is 4. The predicted molar refractivity (Wildman–Crippen MR) is 53.1 cm³/mol. The molecule has 1 heterocycles. The van der Waals surface area contributed by atoms with Crippen molar-refractivity contribution in [2.75, 3.05) is 12.3 Å². The van der Waals surface area contributed by atoms with E-state index < -0.39 is 16.4 Å². The molecular weight excluding hydrogens is 202 g/mol. The molecule has 0 amide bonds. The van der Waals surface area contributed by atoms with Crippen molar-refractivity contribution < 1.29 is 13.5 Å². The maximum atomic E-state index is 11.7. The van der Waals surface area contributed by atoms with Crippen LogP contribution < -0.4 is 5.73 Å². The molecule has 0 atom stereocenters. The number of anilines is 1. The highest BCUT2D eigenvalue weighted by molar-refractivity contribution is 7.95. The summed E-state index contributed by atoms with van der Waals surface area (Å²) < 4.78 is 23.4. The lowest BCUT2D eigenvalue weighted by Gasteiger charge is -2.01. The summed E-state index contributed by atoms with van der Waals surface area (Å²) in [7, 11) is -3.49. The van der Waals surface area contributed by atoms with Gasteiger partial charge in [0.15, 0.2) is 0 Å². The van der Waals surface area contributed by atoms with Crippen LogP contribution in [0.3, 0.4) is 0 Å². The van der Waals surface area contributed by atoms with Crippen molar-refractivity contribution >= 4 is 21.6 Å². The van der Waals surface area contributed by atoms with Crippen LogP contribution >= 0.6 is 0 Å². The first-order chi connectivity index (χ1) is 6.55. The summed E-state index contributed by atoms with van der Waals surface area (Å²) >= 11 is 0. The van der Waals surface area contributed by atoms with Gasteiger partial charge in [0.1, 0.15) is 0 Å². The van der Waals surface area contributed by atoms with Crippen molar-refractivity contribution in [3.63, 3.8) is 0 Å². The molecule has 2 rings (SSSR count). The maximum Gasteiger partial charge on any atom is 0.205 e. The Balaban J connectivity index is 2.71. The molecule has 0 saturated heterocycles. The number of nitrogen functional groups attached to an aromatic ring is 1. The SMILES string of the molecule is Nc1ccc2c(c1)S(=O)(=O)C(CO)=C2. The van der Waals surface area contributed by atoms with Gasteiger partial charge < -0.3 is 10.8 Å². The molecule has 0 spiro atoms. The zero-order chi connectivity index (χ0) is 10.3. The van der Waals surface area contributed by atoms with Gasteiger partial charge in [0.05, 0.1) is 16.4 Å². The molecule has 1 aliphatic heterocycles. The third kappa shape index (κ3) is 1.13. The van der Waals surface area contributed by atoms with Crippen LogP contribution in [0, 0.1) is 0 Å². The Morgan fingerprint density at radius 2 is 2.07 bits per heavy atom. The number of sulfone groups is 1. The quantitative estimate of drug-likeness (QED) is 0.658. The second-order valence-electron chi connectivity index (χ2n) is 3.07. The van der Waals surface area contributed by atoms with E-state index in [1.54, 1.807) is 12.1 Å². The van der Waals surface area contributed by atoms with E-state index >= 15 is 0 Å². The standard InChI is InChI=1S/C9H9NO3S/c10-7-2-1-6-3-8(5-11)14(12,13)9(6)4-7/h1-4,11H,5,10H2. The van der Waals surface area contributed by atoms with Crippen molar-refractivity contribution in [2.45, 2.75) is 4.90 Å². The molecule has 1 aromatic carbocycles. The molecule has 3 N–H and O–H groups in total. The van der Waals surface area contributed by atoms with Crippen LogP contribution in [0.1, 0.15) is 5.56 Å². The Labute approximate surface area is 81.6 Å². The smallest absolute Gasteiger partial charge is 0.205 e. The van der Waals surface area contributed by atoms with Gasteiger partial charge >= 0.3 is 0 Å². The Bertz CT molecular complexity index is 517. The van der Waals surface area contributed by atoms with Gasteiger partial charge in [-0.15, -0.1) is 0 Å². The number of benzene rings is 1. The monoisotopic (exact) mass is 211 g/mol. The van der Waals surface area contributed by atoms with Crippen LogP contribution in [0.15, 0.2) is 28.0 Å². The molecule has 0 unspecified atom stereocenters. The van der Waals surface area contributed by atoms with Gasteiger partial charge in [0.2, 0.25) is 9.84 Å². The topological polar surface area (TPSA) is 80.4 Å². The Morgan fingerprint density at radius 1 is 1.36 bits per heavy atom. The van der Waals surface area contributed by atoms with Gasteiger partial charge in [0, 0.05) is 5.69 Å². The minimum atomic E-state index is -3.49. The van der Waals surface area contributed by atoms with Gasteiger partial charge in [-0.05, 0) is 23.8 Å². The van der Waals surface area contributed by atoms with E-state index in [1.165, 1.54) is 12.1 Å². The first-order valence-corrected chi connectivity index (χ1v) is 5.50. The van der Waals surface area contributed by atoms with Crippen molar-refractivity contribution in [3.05, 3.63) is 28.7 Å². The minimum absolute atomic E-state index is 0.0260. The average Bonchev–Trinajstić information content (AvgIpc) is 2.38. The van der Waals surface area contributed by atoms with Gasteiger partial charge in [-0.3, -0.25) is 0 Å². The van der Waals surface area contributed by atoms with Crippen molar-refractivity contribution in [3.8, 4) is 0 Å². The van der Waals surface area contributed by atoms with Gasteiger partial charge in [-0.2, -0.15) is 0 Å². The summed E-state index contributed by atoms with van der Waals surface area (Å²) in [5.74, 6) is 0. The lowest BCUT2D eigenvalue weighted by Crippen LogP contribution is -2.04. The van der Waals surface area contributed by atoms with Crippen LogP contribution in [0.2, 0.25) is 0 Å². The van der Waals surface area contributed by atoms with Crippen LogP contribution in [-0.4, -0.2) is 20.1 Å². The third-order valence-corrected chi connectivity index (χ3v) is 4.01. The van der Waals surface area contributed by atoms with Crippen LogP contribution in [0.5, 0.6) is 0 Å². The molecule has 4 nitrogen and oxygen atoms in total. The van der Waals surface area contributed by atoms with Crippen molar-refractivity contribution in [1.29, 1.82) is 0 Å². The zero-order valence-corrected chi connectivity index (χ0v) is 8.08. The lowest BCUT2D eigenvalue weighted by atomic mass is 10.2. The molecule has 1 aliphatic rings. The summed E-state index contributed by atoms with van der Waals surface area (Å²) in [5, 5.41) is 8.86. The van der Waals surface area contributed by atoms with Crippen molar-refractivity contribution in [2.24, 2.45) is 0 Å². The Hall–Kier alpha value is -1.33. The highest BCUT2D eigenvalue weighted by Gasteiger charge is 2.28. The number of aliphatic hydroxyl groups excluding tert-OH is 1. The molecule has 0 aromatic heterocycles. The zero-order valence-electron chi connectivity index (χ0n) is 7.27. The van der Waals surface area contributed by atoms with Crippen LogP contribution in [-0.2, 0) is 9.84 Å². The first kappa shape index (κ1) is 9.23. The molecule has 5 heteroatoms. The molecule has 1 aromatic rings. The summed E-state index contributed by atoms with van der Waals surface area (Å²) in [5.41, 5.74) is 6.48. The number of rotatable bonds is 1. The largest absolute Gasteiger partial charge is 0.399 e. The molecule has 0 radical (unpaired) electrons. The fraction of sp³-hybridized carbons (Fsp3) is 0.111. The second kappa shape index (κ2) is 2.83. The Morgan fingerprint density at radius 3 is 2.71 bits per heavy atom. The molecule has 0 saturated carbocycles. The predicted octanol–water partition coefficient (Wildman–Crippen LogP) is 0.389. The summed E-state index contributed by atoms with van der Waals surface area (Å²) in [6, 6.07) is 4.67. The van der Waals surface area contributed by atoms with Gasteiger partial charge in [-0.1, -0.05) is 6.07 Å². The fourth-order valence-corrected chi connectivity index (χ4v) is 2.89. The highest BCUT2D eigenvalue weighted by Crippen LogP contribution is 2.33. The third-order valence-electron chi connectivity index (χ3n) is 2.14. The number of fused-ring (bicyclic) bond motifs is 1. The number of nitrogens with two attached hydrogens (primary N) is 1. The molecule has 0 bridgehead atoms. The molecular formula is C9H9NO3S. The highest BCUT2D eigenvalue weighted by atomic mass is 32.2. The minimum Gasteiger partial charge on any atom is -0.399 e. The fourth-order valence-electron chi connectivity index (χ4n) is 1.43. The molecule has 74 valence electrons. The van der Waals surface area contributed by atoms with E-state index in [2.05, 4.69) is 0 Å². The number of hydrogen-bond donors (Lipinski definition) is 2. The van der Waals surface area contributed by atoms with E-state index in [9.17, 15) is 8.42 Å². The molecule has 0 fully saturated rings. The normalized spacial score (nSPS) is 17.6. The van der Waals surface area contributed by atoms with E-state index in [-0.39, 0.29) is 9.80 Å². The van der Waals surface area contributed by atoms with Crippen LogP contribution in [0.4, 0.5) is 5.69 Å². The lowest BCUT2D eigenvalue weighted by molar-refractivity contribution is 0.339. The summed E-state index contributed by atoms with van der Waals surface area (Å²) in [6.07, 6.45) is 1.46. The van der Waals surface area contributed by atoms with E-state index in [0.717, 1.165) is 0 Å². The Kier molecular flexibility index (Phi) is 1.87. The van der Waals surface area contributed by atoms with E-state index in [0.29, 0.717) is 11.3 Å². The second-order valence-corrected chi connectivity index (χ2v) is 5.04. The van der Waals surface area contributed by atoms with Gasteiger partial charge in [-0.25, -0.2) is 8.42 Å². The van der Waals surface area contributed by atoms with E-state index in [4.69, 9.17) is 10.8 Å².